The van der Waals surface area contributed by atoms with Gasteiger partial charge in [-0.2, -0.15) is 13.2 Å². The van der Waals surface area contributed by atoms with Crippen molar-refractivity contribution in [2.75, 3.05) is 17.6 Å². The third-order valence-electron chi connectivity index (χ3n) is 2.17. The van der Waals surface area contributed by atoms with Crippen molar-refractivity contribution in [2.45, 2.75) is 12.6 Å². The Hall–Kier alpha value is -1.99. The number of nitrogens with zero attached hydrogens (tertiary/aromatic N) is 2. The van der Waals surface area contributed by atoms with Gasteiger partial charge in [0.05, 0.1) is 17.8 Å². The van der Waals surface area contributed by atoms with Crippen molar-refractivity contribution in [3.05, 3.63) is 12.1 Å². The Balaban J connectivity index is 2.14. The first-order chi connectivity index (χ1) is 7.97. The highest BCUT2D eigenvalue weighted by Crippen LogP contribution is 2.26. The predicted molar refractivity (Wildman–Crippen MR) is 55.4 cm³/mol. The maximum atomic E-state index is 12.0. The number of anilines is 2. The van der Waals surface area contributed by atoms with Crippen molar-refractivity contribution in [3.8, 4) is 0 Å². The minimum absolute atomic E-state index is 0.241. The van der Waals surface area contributed by atoms with Crippen LogP contribution >= 0.6 is 0 Å². The zero-order chi connectivity index (χ0) is 12.5. The third-order valence-corrected chi connectivity index (χ3v) is 2.17. The molecule has 0 aliphatic rings. The van der Waals surface area contributed by atoms with Gasteiger partial charge in [0.1, 0.15) is 0 Å². The number of nitrogen functional groups attached to an aromatic ring is 1. The van der Waals surface area contributed by atoms with Crippen LogP contribution in [0, 0.1) is 0 Å². The average molecular weight is 246 g/mol. The van der Waals surface area contributed by atoms with Crippen molar-refractivity contribution in [1.82, 2.24) is 10.3 Å². The molecule has 0 radical (unpaired) electrons. The molecule has 0 aliphatic heterocycles. The van der Waals surface area contributed by atoms with E-state index in [0.29, 0.717) is 22.4 Å². The first-order valence-corrected chi connectivity index (χ1v) is 4.79. The summed E-state index contributed by atoms with van der Waals surface area (Å²) in [6.45, 7) is -0.241. The molecule has 1 aromatic carbocycles. The van der Waals surface area contributed by atoms with E-state index in [1.54, 1.807) is 0 Å². The molecule has 17 heavy (non-hydrogen) atoms. The molecule has 1 aromatic heterocycles. The maximum Gasteiger partial charge on any atom is 0.390 e. The molecule has 92 valence electrons. The van der Waals surface area contributed by atoms with Gasteiger partial charge in [-0.3, -0.25) is 0 Å². The average Bonchev–Trinajstić information content (AvgIpc) is 2.69. The predicted octanol–water partition coefficient (Wildman–Crippen LogP) is 2.17. The highest BCUT2D eigenvalue weighted by Gasteiger charge is 2.26. The Kier molecular flexibility index (Phi) is 2.78. The lowest BCUT2D eigenvalue weighted by Gasteiger charge is -2.09. The molecule has 2 aromatic rings. The van der Waals surface area contributed by atoms with E-state index in [0.717, 1.165) is 0 Å². The number of benzene rings is 1. The zero-order valence-corrected chi connectivity index (χ0v) is 8.58. The van der Waals surface area contributed by atoms with Gasteiger partial charge in [-0.05, 0) is 22.4 Å². The van der Waals surface area contributed by atoms with Gasteiger partial charge in [-0.25, -0.2) is 4.63 Å². The van der Waals surface area contributed by atoms with E-state index in [4.69, 9.17) is 5.73 Å². The van der Waals surface area contributed by atoms with Crippen LogP contribution in [0.3, 0.4) is 0 Å². The fourth-order valence-electron chi connectivity index (χ4n) is 1.37. The van der Waals surface area contributed by atoms with Gasteiger partial charge >= 0.3 is 6.18 Å². The smallest absolute Gasteiger partial charge is 0.390 e. The molecule has 0 fully saturated rings. The first-order valence-electron chi connectivity index (χ1n) is 4.79. The van der Waals surface area contributed by atoms with E-state index >= 15 is 0 Å². The summed E-state index contributed by atoms with van der Waals surface area (Å²) in [6, 6.07) is 3.07. The van der Waals surface area contributed by atoms with Gasteiger partial charge in [-0.15, -0.1) is 0 Å². The minimum atomic E-state index is -4.19. The van der Waals surface area contributed by atoms with E-state index in [-0.39, 0.29) is 6.54 Å². The van der Waals surface area contributed by atoms with Crippen molar-refractivity contribution < 1.29 is 17.8 Å². The van der Waals surface area contributed by atoms with Crippen molar-refractivity contribution >= 4 is 22.4 Å². The summed E-state index contributed by atoms with van der Waals surface area (Å²) in [5.41, 5.74) is 7.04. The number of aromatic nitrogens is 2. The Morgan fingerprint density at radius 1 is 1.24 bits per heavy atom. The summed E-state index contributed by atoms with van der Waals surface area (Å²) in [6.07, 6.45) is -5.12. The van der Waals surface area contributed by atoms with Crippen LogP contribution in [0.15, 0.2) is 16.8 Å². The van der Waals surface area contributed by atoms with Gasteiger partial charge in [0.25, 0.3) is 0 Å². The molecular formula is C9H9F3N4O. The number of nitrogens with one attached hydrogen (secondary N) is 1. The van der Waals surface area contributed by atoms with E-state index in [1.165, 1.54) is 12.1 Å². The van der Waals surface area contributed by atoms with Gasteiger partial charge < -0.3 is 11.1 Å². The summed E-state index contributed by atoms with van der Waals surface area (Å²) in [5.74, 6) is 0. The molecule has 0 aliphatic carbocycles. The third kappa shape index (κ3) is 2.58. The second-order valence-electron chi connectivity index (χ2n) is 3.46. The molecule has 5 nitrogen and oxygen atoms in total. The molecule has 0 unspecified atom stereocenters. The Labute approximate surface area is 93.7 Å². The van der Waals surface area contributed by atoms with Crippen LogP contribution in [-0.2, 0) is 0 Å². The van der Waals surface area contributed by atoms with Gasteiger partial charge in [0, 0.05) is 6.54 Å². The lowest BCUT2D eigenvalue weighted by Crippen LogP contribution is -2.14. The molecule has 2 rings (SSSR count). The van der Waals surface area contributed by atoms with E-state index in [1.807, 2.05) is 0 Å². The molecule has 0 spiro atoms. The molecule has 8 heteroatoms. The van der Waals surface area contributed by atoms with E-state index < -0.39 is 12.6 Å². The number of alkyl halides is 3. The number of rotatable bonds is 3. The normalized spacial score (nSPS) is 11.9. The van der Waals surface area contributed by atoms with Gasteiger partial charge in [-0.1, -0.05) is 0 Å². The Morgan fingerprint density at radius 2 is 1.94 bits per heavy atom. The molecular weight excluding hydrogens is 237 g/mol. The molecule has 0 saturated heterocycles. The lowest BCUT2D eigenvalue weighted by molar-refractivity contribution is -0.131. The van der Waals surface area contributed by atoms with Crippen molar-refractivity contribution in [3.63, 3.8) is 0 Å². The van der Waals surface area contributed by atoms with Crippen LogP contribution in [0.5, 0.6) is 0 Å². The monoisotopic (exact) mass is 246 g/mol. The molecule has 0 atom stereocenters. The van der Waals surface area contributed by atoms with Crippen LogP contribution < -0.4 is 11.1 Å². The SMILES string of the molecule is Nc1ccc(NCCC(F)(F)F)c2nonc12. The largest absolute Gasteiger partial charge is 0.397 e. The highest BCUT2D eigenvalue weighted by molar-refractivity contribution is 5.94. The van der Waals surface area contributed by atoms with Crippen LogP contribution in [0.1, 0.15) is 6.42 Å². The second-order valence-corrected chi connectivity index (χ2v) is 3.46. The fraction of sp³-hybridized carbons (Fsp3) is 0.333. The van der Waals surface area contributed by atoms with E-state index in [9.17, 15) is 13.2 Å². The second kappa shape index (κ2) is 4.11. The fourth-order valence-corrected chi connectivity index (χ4v) is 1.37. The van der Waals surface area contributed by atoms with Gasteiger partial charge in [0.2, 0.25) is 0 Å². The summed E-state index contributed by atoms with van der Waals surface area (Å²) in [4.78, 5) is 0. The quantitative estimate of drug-likeness (QED) is 0.811. The summed E-state index contributed by atoms with van der Waals surface area (Å²) < 4.78 is 40.4. The topological polar surface area (TPSA) is 77.0 Å². The number of hydrogen-bond acceptors (Lipinski definition) is 5. The maximum absolute atomic E-state index is 12.0. The lowest BCUT2D eigenvalue weighted by atomic mass is 10.2. The number of nitrogens with two attached hydrogens (primary N) is 1. The van der Waals surface area contributed by atoms with Crippen molar-refractivity contribution in [2.24, 2.45) is 0 Å². The van der Waals surface area contributed by atoms with Crippen molar-refractivity contribution in [1.29, 1.82) is 0 Å². The number of fused-ring (bicyclic) bond motifs is 1. The van der Waals surface area contributed by atoms with Gasteiger partial charge in [0.15, 0.2) is 11.0 Å². The first kappa shape index (κ1) is 11.5. The van der Waals surface area contributed by atoms with E-state index in [2.05, 4.69) is 20.3 Å². The zero-order valence-electron chi connectivity index (χ0n) is 8.58. The summed E-state index contributed by atoms with van der Waals surface area (Å²) in [5, 5.41) is 9.77. The molecule has 3 N–H and O–H groups in total. The summed E-state index contributed by atoms with van der Waals surface area (Å²) >= 11 is 0. The number of hydrogen-bond donors (Lipinski definition) is 2. The molecule has 0 amide bonds. The van der Waals surface area contributed by atoms with Crippen LogP contribution in [0.25, 0.3) is 11.0 Å². The Bertz CT molecular complexity index is 522. The molecule has 0 saturated carbocycles. The molecule has 1 heterocycles. The molecule has 0 bridgehead atoms. The van der Waals surface area contributed by atoms with Crippen LogP contribution in [-0.4, -0.2) is 23.0 Å². The standard InChI is InChI=1S/C9H9F3N4O/c10-9(11,12)3-4-14-6-2-1-5(13)7-8(6)16-17-15-7/h1-2,14H,3-4,13H2. The van der Waals surface area contributed by atoms with Crippen LogP contribution in [0.4, 0.5) is 24.5 Å². The van der Waals surface area contributed by atoms with Crippen LogP contribution in [0.2, 0.25) is 0 Å². The highest BCUT2D eigenvalue weighted by atomic mass is 19.4. The minimum Gasteiger partial charge on any atom is -0.397 e. The summed E-state index contributed by atoms with van der Waals surface area (Å²) in [7, 11) is 0. The Morgan fingerprint density at radius 3 is 2.65 bits per heavy atom. The number of halogens is 3.